The molecule has 0 amide bonds. The van der Waals surface area contributed by atoms with Gasteiger partial charge in [-0.1, -0.05) is 24.3 Å². The maximum Gasteiger partial charge on any atom is 0.241 e. The molecule has 3 heterocycles. The number of hydrogen-bond acceptors (Lipinski definition) is 6. The summed E-state index contributed by atoms with van der Waals surface area (Å²) in [4.78, 5) is 9.34. The first-order chi connectivity index (χ1) is 17.9. The van der Waals surface area contributed by atoms with Crippen molar-refractivity contribution < 1.29 is 13.9 Å². The average Bonchev–Trinajstić information content (AvgIpc) is 3.25. The van der Waals surface area contributed by atoms with Crippen LogP contribution in [0.2, 0.25) is 0 Å². The minimum Gasteiger partial charge on any atom is -0.393 e. The van der Waals surface area contributed by atoms with Crippen LogP contribution in [-0.2, 0) is 6.54 Å². The zero-order valence-corrected chi connectivity index (χ0v) is 21.8. The Morgan fingerprint density at radius 3 is 2.43 bits per heavy atom. The highest BCUT2D eigenvalue weighted by Crippen LogP contribution is 2.37. The smallest absolute Gasteiger partial charge is 0.241 e. The highest BCUT2D eigenvalue weighted by molar-refractivity contribution is 5.81. The Labute approximate surface area is 217 Å². The van der Waals surface area contributed by atoms with Crippen molar-refractivity contribution in [3.8, 4) is 11.1 Å². The van der Waals surface area contributed by atoms with Crippen LogP contribution in [0.15, 0.2) is 36.5 Å². The van der Waals surface area contributed by atoms with Gasteiger partial charge in [-0.2, -0.15) is 0 Å². The maximum absolute atomic E-state index is 12.8. The molecule has 9 heteroatoms. The summed E-state index contributed by atoms with van der Waals surface area (Å²) in [7, 11) is 2.17. The number of piperazine rings is 1. The number of likely N-dealkylation sites (N-methyl/N-ethyl adjacent to an activating group) is 1. The highest BCUT2D eigenvalue weighted by Gasteiger charge is 2.26. The molecule has 2 aromatic heterocycles. The molecule has 37 heavy (non-hydrogen) atoms. The van der Waals surface area contributed by atoms with E-state index in [0.29, 0.717) is 5.95 Å². The molecule has 0 radical (unpaired) electrons. The Morgan fingerprint density at radius 1 is 1.05 bits per heavy atom. The van der Waals surface area contributed by atoms with E-state index in [1.165, 1.54) is 5.56 Å². The molecule has 1 saturated heterocycles. The summed E-state index contributed by atoms with van der Waals surface area (Å²) in [5, 5.41) is 17.8. The van der Waals surface area contributed by atoms with E-state index in [2.05, 4.69) is 57.5 Å². The van der Waals surface area contributed by atoms with Gasteiger partial charge in [-0.15, -0.1) is 5.10 Å². The van der Waals surface area contributed by atoms with Crippen molar-refractivity contribution >= 4 is 11.5 Å². The van der Waals surface area contributed by atoms with E-state index in [4.69, 9.17) is 5.10 Å². The van der Waals surface area contributed by atoms with Crippen molar-refractivity contribution in [3.05, 3.63) is 47.8 Å². The lowest BCUT2D eigenvalue weighted by molar-refractivity contribution is 0.121. The molecule has 0 bridgehead atoms. The standard InChI is InChI=1S/C28H38F2N6O/c1-19(15-27(29)30)32-28-31-17-26-24(16-25(36(26)33-28)22-7-9-23(37)10-8-22)21-5-3-20(4-6-21)18-35-13-11-34(2)12-14-35/h3-6,16-17,19,22-23,27,37H,7-15,18H2,1-2H3,(H,32,33)/t19-,22?,23?/m0/s1. The summed E-state index contributed by atoms with van der Waals surface area (Å²) in [5.74, 6) is 0.629. The molecule has 200 valence electrons. The maximum atomic E-state index is 12.8. The van der Waals surface area contributed by atoms with Gasteiger partial charge in [0, 0.05) is 62.4 Å². The fourth-order valence-corrected chi connectivity index (χ4v) is 5.57. The third kappa shape index (κ3) is 6.27. The molecular formula is C28H38F2N6O. The van der Waals surface area contributed by atoms with Crippen LogP contribution in [0.4, 0.5) is 14.7 Å². The zero-order valence-electron chi connectivity index (χ0n) is 21.8. The van der Waals surface area contributed by atoms with E-state index < -0.39 is 12.5 Å². The number of fused-ring (bicyclic) bond motifs is 1. The molecular weight excluding hydrogens is 474 g/mol. The Morgan fingerprint density at radius 2 is 1.76 bits per heavy atom. The Kier molecular flexibility index (Phi) is 8.02. The van der Waals surface area contributed by atoms with Crippen molar-refractivity contribution in [2.24, 2.45) is 0 Å². The number of alkyl halides is 2. The van der Waals surface area contributed by atoms with Crippen molar-refractivity contribution in [3.63, 3.8) is 0 Å². The van der Waals surface area contributed by atoms with Crippen LogP contribution in [0.3, 0.4) is 0 Å². The second kappa shape index (κ2) is 11.4. The predicted molar refractivity (Wildman–Crippen MR) is 142 cm³/mol. The lowest BCUT2D eigenvalue weighted by Gasteiger charge is -2.32. The molecule has 2 aliphatic rings. The number of hydrogen-bond donors (Lipinski definition) is 2. The third-order valence-corrected chi connectivity index (χ3v) is 7.83. The van der Waals surface area contributed by atoms with Crippen molar-refractivity contribution in [1.82, 2.24) is 24.4 Å². The number of nitrogens with zero attached hydrogens (tertiary/aromatic N) is 5. The van der Waals surface area contributed by atoms with Gasteiger partial charge < -0.3 is 15.3 Å². The van der Waals surface area contributed by atoms with Gasteiger partial charge in [-0.05, 0) is 56.8 Å². The summed E-state index contributed by atoms with van der Waals surface area (Å²) < 4.78 is 27.6. The number of nitrogens with one attached hydrogen (secondary N) is 1. The first-order valence-electron chi connectivity index (χ1n) is 13.5. The third-order valence-electron chi connectivity index (χ3n) is 7.83. The first kappa shape index (κ1) is 26.0. The summed E-state index contributed by atoms with van der Waals surface area (Å²) in [5.41, 5.74) is 5.47. The van der Waals surface area contributed by atoms with Crippen LogP contribution >= 0.6 is 0 Å². The van der Waals surface area contributed by atoms with E-state index in [-0.39, 0.29) is 18.4 Å². The molecule has 1 aliphatic heterocycles. The lowest BCUT2D eigenvalue weighted by atomic mass is 9.85. The topological polar surface area (TPSA) is 68.9 Å². The Bertz CT molecular complexity index is 1170. The zero-order chi connectivity index (χ0) is 25.9. The number of aliphatic hydroxyl groups is 1. The SMILES string of the molecule is C[C@@H](CC(F)F)Nc1ncc2c(-c3ccc(CN4CCN(C)CC4)cc3)cc(C3CCC(O)CC3)n2n1. The number of benzene rings is 1. The van der Waals surface area contributed by atoms with Gasteiger partial charge in [0.1, 0.15) is 0 Å². The van der Waals surface area contributed by atoms with Crippen molar-refractivity contribution in [2.75, 3.05) is 38.5 Å². The van der Waals surface area contributed by atoms with Crippen molar-refractivity contribution in [1.29, 1.82) is 0 Å². The quantitative estimate of drug-likeness (QED) is 0.459. The fraction of sp³-hybridized carbons (Fsp3) is 0.571. The number of rotatable bonds is 8. The minimum absolute atomic E-state index is 0.239. The summed E-state index contributed by atoms with van der Waals surface area (Å²) in [6.45, 7) is 7.06. The first-order valence-corrected chi connectivity index (χ1v) is 13.5. The molecule has 0 unspecified atom stereocenters. The molecule has 5 rings (SSSR count). The number of halogens is 2. The van der Waals surface area contributed by atoms with Crippen LogP contribution in [0.1, 0.15) is 56.2 Å². The molecule has 1 aromatic carbocycles. The molecule has 1 aliphatic carbocycles. The summed E-state index contributed by atoms with van der Waals surface area (Å²) in [6, 6.07) is 10.5. The van der Waals surface area contributed by atoms with E-state index in [1.54, 1.807) is 13.1 Å². The van der Waals surface area contributed by atoms with Crippen LogP contribution in [0, 0.1) is 0 Å². The van der Waals surface area contributed by atoms with E-state index in [0.717, 1.165) is 80.7 Å². The number of aliphatic hydroxyl groups excluding tert-OH is 1. The lowest BCUT2D eigenvalue weighted by Crippen LogP contribution is -2.43. The molecule has 0 spiro atoms. The molecule has 3 aromatic rings. The van der Waals surface area contributed by atoms with E-state index in [9.17, 15) is 13.9 Å². The normalized spacial score (nSPS) is 22.5. The second-order valence-electron chi connectivity index (χ2n) is 10.8. The van der Waals surface area contributed by atoms with Gasteiger partial charge in [-0.25, -0.2) is 18.3 Å². The van der Waals surface area contributed by atoms with Gasteiger partial charge in [0.25, 0.3) is 0 Å². The molecule has 7 nitrogen and oxygen atoms in total. The van der Waals surface area contributed by atoms with Crippen LogP contribution in [0.25, 0.3) is 16.6 Å². The van der Waals surface area contributed by atoms with Crippen LogP contribution < -0.4 is 5.32 Å². The molecule has 1 saturated carbocycles. The Balaban J connectivity index is 1.42. The van der Waals surface area contributed by atoms with E-state index in [1.807, 2.05) is 4.52 Å². The predicted octanol–water partition coefficient (Wildman–Crippen LogP) is 4.62. The van der Waals surface area contributed by atoms with Gasteiger partial charge in [0.15, 0.2) is 0 Å². The highest BCUT2D eigenvalue weighted by atomic mass is 19.3. The largest absolute Gasteiger partial charge is 0.393 e. The van der Waals surface area contributed by atoms with Gasteiger partial charge in [0.2, 0.25) is 12.4 Å². The Hall–Kier alpha value is -2.62. The second-order valence-corrected chi connectivity index (χ2v) is 10.8. The molecule has 2 N–H and O–H groups in total. The number of anilines is 1. The summed E-state index contributed by atoms with van der Waals surface area (Å²) >= 11 is 0. The van der Waals surface area contributed by atoms with Gasteiger partial charge >= 0.3 is 0 Å². The van der Waals surface area contributed by atoms with E-state index >= 15 is 0 Å². The monoisotopic (exact) mass is 512 g/mol. The minimum atomic E-state index is -2.38. The summed E-state index contributed by atoms with van der Waals surface area (Å²) in [6.07, 6.45) is 2.25. The molecule has 2 fully saturated rings. The fourth-order valence-electron chi connectivity index (χ4n) is 5.57. The van der Waals surface area contributed by atoms with Crippen molar-refractivity contribution in [2.45, 2.75) is 70.1 Å². The van der Waals surface area contributed by atoms with Gasteiger partial charge in [0.05, 0.1) is 17.8 Å². The van der Waals surface area contributed by atoms with Crippen LogP contribution in [-0.4, -0.2) is 81.3 Å². The van der Waals surface area contributed by atoms with Gasteiger partial charge in [-0.3, -0.25) is 4.90 Å². The molecule has 1 atom stereocenters. The van der Waals surface area contributed by atoms with Crippen LogP contribution in [0.5, 0.6) is 0 Å². The number of aromatic nitrogens is 3. The average molecular weight is 513 g/mol.